The number of nitrogens with zero attached hydrogens (tertiary/aromatic N) is 2. The van der Waals surface area contributed by atoms with E-state index in [0.717, 1.165) is 30.5 Å². The van der Waals surface area contributed by atoms with Gasteiger partial charge in [0.1, 0.15) is 0 Å². The van der Waals surface area contributed by atoms with E-state index < -0.39 is 0 Å². The van der Waals surface area contributed by atoms with E-state index in [-0.39, 0.29) is 0 Å². The van der Waals surface area contributed by atoms with Crippen molar-refractivity contribution in [3.8, 4) is 0 Å². The van der Waals surface area contributed by atoms with Crippen molar-refractivity contribution in [2.24, 2.45) is 0 Å². The Morgan fingerprint density at radius 2 is 2.29 bits per heavy atom. The monoisotopic (exact) mass is 325 g/mol. The van der Waals surface area contributed by atoms with Gasteiger partial charge >= 0.3 is 0 Å². The molecular weight excluding hydrogens is 302 g/mol. The van der Waals surface area contributed by atoms with Crippen molar-refractivity contribution in [3.63, 3.8) is 0 Å². The van der Waals surface area contributed by atoms with Gasteiger partial charge in [-0.2, -0.15) is 0 Å². The summed E-state index contributed by atoms with van der Waals surface area (Å²) in [5, 5.41) is 6.58. The average molecular weight is 326 g/mol. The van der Waals surface area contributed by atoms with Gasteiger partial charge in [-0.1, -0.05) is 6.07 Å². The van der Waals surface area contributed by atoms with Crippen LogP contribution < -0.4 is 10.2 Å². The number of ether oxygens (including phenoxy) is 1. The van der Waals surface area contributed by atoms with E-state index in [9.17, 15) is 0 Å². The molecule has 0 aliphatic heterocycles. The van der Waals surface area contributed by atoms with Crippen LogP contribution in [0.15, 0.2) is 17.5 Å². The van der Waals surface area contributed by atoms with E-state index in [1.165, 1.54) is 9.75 Å². The lowest BCUT2D eigenvalue weighted by Gasteiger charge is -2.23. The standard InChI is InChI=1S/C15H23N3OS2/c1-11-14(10-16-7-8-19-4)21-15(17-11)18(3)12(2)13-6-5-9-20-13/h5-6,9,12,16H,7-8,10H2,1-4H3. The van der Waals surface area contributed by atoms with Crippen LogP contribution in [0, 0.1) is 6.92 Å². The van der Waals surface area contributed by atoms with Crippen LogP contribution in [0.25, 0.3) is 0 Å². The maximum atomic E-state index is 5.04. The second-order valence-electron chi connectivity index (χ2n) is 4.98. The Kier molecular flexibility index (Phi) is 6.17. The number of thiophene rings is 1. The molecule has 0 amide bonds. The quantitative estimate of drug-likeness (QED) is 0.754. The first-order chi connectivity index (χ1) is 10.1. The van der Waals surface area contributed by atoms with Crippen molar-refractivity contribution in [2.45, 2.75) is 26.4 Å². The summed E-state index contributed by atoms with van der Waals surface area (Å²) in [4.78, 5) is 9.63. The normalized spacial score (nSPS) is 12.6. The van der Waals surface area contributed by atoms with E-state index in [0.29, 0.717) is 6.04 Å². The maximum Gasteiger partial charge on any atom is 0.186 e. The van der Waals surface area contributed by atoms with Crippen LogP contribution in [0.4, 0.5) is 5.13 Å². The van der Waals surface area contributed by atoms with E-state index in [2.05, 4.69) is 48.6 Å². The number of hydrogen-bond acceptors (Lipinski definition) is 6. The maximum absolute atomic E-state index is 5.04. The Hall–Kier alpha value is -0.950. The summed E-state index contributed by atoms with van der Waals surface area (Å²) in [5.74, 6) is 0. The van der Waals surface area contributed by atoms with E-state index in [1.54, 1.807) is 29.8 Å². The van der Waals surface area contributed by atoms with Gasteiger partial charge in [0.2, 0.25) is 0 Å². The molecule has 2 heterocycles. The van der Waals surface area contributed by atoms with Crippen LogP contribution in [0.1, 0.15) is 28.4 Å². The first-order valence-corrected chi connectivity index (χ1v) is 8.75. The molecule has 116 valence electrons. The number of rotatable bonds is 8. The highest BCUT2D eigenvalue weighted by Gasteiger charge is 2.17. The Balaban J connectivity index is 2.00. The summed E-state index contributed by atoms with van der Waals surface area (Å²) in [6.45, 7) is 6.76. The van der Waals surface area contributed by atoms with Crippen molar-refractivity contribution in [2.75, 3.05) is 32.2 Å². The van der Waals surface area contributed by atoms with Crippen molar-refractivity contribution >= 4 is 27.8 Å². The Morgan fingerprint density at radius 3 is 2.95 bits per heavy atom. The molecule has 0 saturated heterocycles. The van der Waals surface area contributed by atoms with Crippen molar-refractivity contribution in [3.05, 3.63) is 33.0 Å². The minimum Gasteiger partial charge on any atom is -0.383 e. The smallest absolute Gasteiger partial charge is 0.186 e. The van der Waals surface area contributed by atoms with Gasteiger partial charge in [0.05, 0.1) is 18.3 Å². The van der Waals surface area contributed by atoms with Gasteiger partial charge in [0.15, 0.2) is 5.13 Å². The van der Waals surface area contributed by atoms with E-state index in [1.807, 2.05) is 0 Å². The van der Waals surface area contributed by atoms with Crippen LogP contribution in [-0.2, 0) is 11.3 Å². The molecule has 2 aromatic heterocycles. The first kappa shape index (κ1) is 16.4. The molecule has 2 aromatic rings. The molecule has 1 N–H and O–H groups in total. The van der Waals surface area contributed by atoms with E-state index in [4.69, 9.17) is 9.72 Å². The summed E-state index contributed by atoms with van der Waals surface area (Å²) in [6.07, 6.45) is 0. The summed E-state index contributed by atoms with van der Waals surface area (Å²) in [6, 6.07) is 4.63. The Morgan fingerprint density at radius 1 is 1.48 bits per heavy atom. The zero-order valence-electron chi connectivity index (χ0n) is 13.0. The molecule has 0 aromatic carbocycles. The lowest BCUT2D eigenvalue weighted by Crippen LogP contribution is -2.20. The lowest BCUT2D eigenvalue weighted by molar-refractivity contribution is 0.199. The number of aromatic nitrogens is 1. The first-order valence-electron chi connectivity index (χ1n) is 7.05. The largest absolute Gasteiger partial charge is 0.383 e. The topological polar surface area (TPSA) is 37.4 Å². The molecule has 2 rings (SSSR count). The molecule has 1 unspecified atom stereocenters. The summed E-state index contributed by atoms with van der Waals surface area (Å²) >= 11 is 3.56. The predicted molar refractivity (Wildman–Crippen MR) is 91.6 cm³/mol. The minimum absolute atomic E-state index is 0.352. The number of thiazole rings is 1. The highest BCUT2D eigenvalue weighted by Crippen LogP contribution is 2.32. The molecule has 0 saturated carbocycles. The third-order valence-electron chi connectivity index (χ3n) is 3.49. The lowest BCUT2D eigenvalue weighted by atomic mass is 10.2. The minimum atomic E-state index is 0.352. The summed E-state index contributed by atoms with van der Waals surface area (Å²) < 4.78 is 5.04. The zero-order chi connectivity index (χ0) is 15.2. The third-order valence-corrected chi connectivity index (χ3v) is 5.78. The van der Waals surface area contributed by atoms with Gasteiger partial charge in [-0.25, -0.2) is 4.98 Å². The number of nitrogens with one attached hydrogen (secondary N) is 1. The highest BCUT2D eigenvalue weighted by atomic mass is 32.1. The fourth-order valence-corrected chi connectivity index (χ4v) is 3.89. The van der Waals surface area contributed by atoms with Gasteiger partial charge in [0.25, 0.3) is 0 Å². The molecule has 21 heavy (non-hydrogen) atoms. The second kappa shape index (κ2) is 7.89. The number of aryl methyl sites for hydroxylation is 1. The number of anilines is 1. The Bertz CT molecular complexity index is 539. The van der Waals surface area contributed by atoms with Crippen LogP contribution in [0.2, 0.25) is 0 Å². The summed E-state index contributed by atoms with van der Waals surface area (Å²) in [7, 11) is 3.84. The van der Waals surface area contributed by atoms with Crippen LogP contribution in [0.5, 0.6) is 0 Å². The Labute approximate surface area is 134 Å². The molecule has 4 nitrogen and oxygen atoms in total. The van der Waals surface area contributed by atoms with Gasteiger partial charge in [-0.15, -0.1) is 22.7 Å². The van der Waals surface area contributed by atoms with Gasteiger partial charge < -0.3 is 15.0 Å². The van der Waals surface area contributed by atoms with Gasteiger partial charge in [-0.3, -0.25) is 0 Å². The molecule has 0 aliphatic carbocycles. The molecule has 0 radical (unpaired) electrons. The van der Waals surface area contributed by atoms with Gasteiger partial charge in [0, 0.05) is 37.0 Å². The average Bonchev–Trinajstić information content (AvgIpc) is 3.12. The van der Waals surface area contributed by atoms with Crippen molar-refractivity contribution in [1.82, 2.24) is 10.3 Å². The molecule has 0 aliphatic rings. The highest BCUT2D eigenvalue weighted by molar-refractivity contribution is 7.15. The molecule has 0 bridgehead atoms. The molecule has 1 atom stereocenters. The predicted octanol–water partition coefficient (Wildman–Crippen LogP) is 3.45. The van der Waals surface area contributed by atoms with Crippen LogP contribution >= 0.6 is 22.7 Å². The fraction of sp³-hybridized carbons (Fsp3) is 0.533. The van der Waals surface area contributed by atoms with Gasteiger partial charge in [-0.05, 0) is 25.3 Å². The third kappa shape index (κ3) is 4.26. The number of hydrogen-bond donors (Lipinski definition) is 1. The molecule has 0 fully saturated rings. The van der Waals surface area contributed by atoms with E-state index >= 15 is 0 Å². The second-order valence-corrected chi connectivity index (χ2v) is 7.02. The van der Waals surface area contributed by atoms with Crippen LogP contribution in [0.3, 0.4) is 0 Å². The fourth-order valence-electron chi connectivity index (χ4n) is 1.99. The summed E-state index contributed by atoms with van der Waals surface area (Å²) in [5.41, 5.74) is 1.12. The zero-order valence-corrected chi connectivity index (χ0v) is 14.7. The number of methoxy groups -OCH3 is 1. The van der Waals surface area contributed by atoms with Crippen molar-refractivity contribution < 1.29 is 4.74 Å². The molecule has 6 heteroatoms. The molecular formula is C15H23N3OS2. The van der Waals surface area contributed by atoms with Crippen molar-refractivity contribution in [1.29, 1.82) is 0 Å². The molecule has 0 spiro atoms. The SMILES string of the molecule is COCCNCc1sc(N(C)C(C)c2cccs2)nc1C. The van der Waals surface area contributed by atoms with Crippen LogP contribution in [-0.4, -0.2) is 32.3 Å².